The van der Waals surface area contributed by atoms with E-state index >= 15 is 0 Å². The van der Waals surface area contributed by atoms with Crippen LogP contribution in [0.4, 0.5) is 10.2 Å². The van der Waals surface area contributed by atoms with E-state index in [1.54, 1.807) is 18.5 Å². The summed E-state index contributed by atoms with van der Waals surface area (Å²) >= 11 is 5.82. The van der Waals surface area contributed by atoms with Crippen LogP contribution in [0, 0.1) is 12.7 Å². The van der Waals surface area contributed by atoms with E-state index in [4.69, 9.17) is 21.9 Å². The first-order valence-corrected chi connectivity index (χ1v) is 11.8. The minimum atomic E-state index is -0.368. The highest BCUT2D eigenvalue weighted by Crippen LogP contribution is 2.39. The van der Waals surface area contributed by atoms with Crippen molar-refractivity contribution in [3.63, 3.8) is 0 Å². The number of hydrogen-bond donors (Lipinski definition) is 1. The summed E-state index contributed by atoms with van der Waals surface area (Å²) in [6, 6.07) is 5.60. The van der Waals surface area contributed by atoms with Gasteiger partial charge in [0.05, 0.1) is 29.5 Å². The van der Waals surface area contributed by atoms with Gasteiger partial charge in [0, 0.05) is 48.6 Å². The number of halogens is 1. The Hall–Kier alpha value is -3.20. The fourth-order valence-electron chi connectivity index (χ4n) is 4.95. The number of methoxy groups -OCH3 is 1. The highest BCUT2D eigenvalue weighted by atomic mass is 32.1. The highest BCUT2D eigenvalue weighted by molar-refractivity contribution is 7.80. The Kier molecular flexibility index (Phi) is 5.89. The summed E-state index contributed by atoms with van der Waals surface area (Å²) in [4.78, 5) is 20.5. The van der Waals surface area contributed by atoms with E-state index in [-0.39, 0.29) is 17.3 Å². The van der Waals surface area contributed by atoms with Crippen molar-refractivity contribution in [3.05, 3.63) is 59.4 Å². The number of aryl methyl sites for hydroxylation is 2. The molecule has 7 nitrogen and oxygen atoms in total. The maximum absolute atomic E-state index is 14.5. The Morgan fingerprint density at radius 3 is 2.79 bits per heavy atom. The molecule has 5 heterocycles. The van der Waals surface area contributed by atoms with E-state index in [2.05, 4.69) is 31.2 Å². The lowest BCUT2D eigenvalue weighted by Crippen LogP contribution is -2.45. The van der Waals surface area contributed by atoms with Crippen LogP contribution in [0.15, 0.2) is 36.8 Å². The monoisotopic (exact) mass is 478 g/mol. The fraction of sp³-hybridized carbons (Fsp3) is 0.400. The molecule has 5 rings (SSSR count). The number of nitrogens with one attached hydrogen (secondary N) is 1. The molecule has 2 aliphatic rings. The molecule has 1 fully saturated rings. The zero-order valence-electron chi connectivity index (χ0n) is 19.5. The zero-order valence-corrected chi connectivity index (χ0v) is 20.3. The summed E-state index contributed by atoms with van der Waals surface area (Å²) in [5, 5.41) is 3.73. The Morgan fingerprint density at radius 2 is 2.03 bits per heavy atom. The van der Waals surface area contributed by atoms with E-state index in [1.807, 2.05) is 19.9 Å². The molecule has 0 aromatic carbocycles. The van der Waals surface area contributed by atoms with Crippen LogP contribution < -0.4 is 10.1 Å². The van der Waals surface area contributed by atoms with Crippen LogP contribution in [0.5, 0.6) is 5.88 Å². The molecule has 0 bridgehead atoms. The molecule has 176 valence electrons. The Balaban J connectivity index is 1.33. The number of ether oxygens (including phenoxy) is 1. The minimum absolute atomic E-state index is 0.102. The third-order valence-electron chi connectivity index (χ3n) is 6.93. The van der Waals surface area contributed by atoms with Gasteiger partial charge in [0.15, 0.2) is 5.82 Å². The van der Waals surface area contributed by atoms with Crippen molar-refractivity contribution in [2.24, 2.45) is 0 Å². The second kappa shape index (κ2) is 8.87. The van der Waals surface area contributed by atoms with Gasteiger partial charge in [0.1, 0.15) is 11.6 Å². The predicted octanol–water partition coefficient (Wildman–Crippen LogP) is 4.32. The first-order chi connectivity index (χ1) is 16.4. The largest absolute Gasteiger partial charge is 0.481 e. The highest BCUT2D eigenvalue weighted by Gasteiger charge is 2.42. The summed E-state index contributed by atoms with van der Waals surface area (Å²) in [6.07, 6.45) is 7.54. The molecule has 2 atom stereocenters. The number of rotatable bonds is 4. The van der Waals surface area contributed by atoms with Gasteiger partial charge in [-0.1, -0.05) is 19.1 Å². The van der Waals surface area contributed by atoms with Crippen molar-refractivity contribution in [1.82, 2.24) is 24.8 Å². The SMILES string of the molecule is COc1cc([C@@H](C)C(=S)N2CC[C@@]3(CCc4cc(-c5ncccn5)c(C)nc4N3)C2)c(F)cn1. The van der Waals surface area contributed by atoms with Gasteiger partial charge in [0.25, 0.3) is 0 Å². The first-order valence-electron chi connectivity index (χ1n) is 11.4. The van der Waals surface area contributed by atoms with Crippen LogP contribution in [0.1, 0.15) is 42.5 Å². The third-order valence-corrected chi connectivity index (χ3v) is 7.54. The van der Waals surface area contributed by atoms with Crippen molar-refractivity contribution in [2.45, 2.75) is 44.6 Å². The fourth-order valence-corrected chi connectivity index (χ4v) is 5.23. The topological polar surface area (TPSA) is 76.1 Å². The summed E-state index contributed by atoms with van der Waals surface area (Å²) in [6.45, 7) is 5.52. The van der Waals surface area contributed by atoms with Gasteiger partial charge in [-0.2, -0.15) is 0 Å². The number of anilines is 1. The van der Waals surface area contributed by atoms with Crippen LogP contribution >= 0.6 is 12.2 Å². The summed E-state index contributed by atoms with van der Waals surface area (Å²) in [7, 11) is 1.52. The summed E-state index contributed by atoms with van der Waals surface area (Å²) in [5.41, 5.74) is 3.45. The lowest BCUT2D eigenvalue weighted by Gasteiger charge is -2.37. The number of fused-ring (bicyclic) bond motifs is 1. The molecular formula is C25H27FN6OS. The van der Waals surface area contributed by atoms with Crippen molar-refractivity contribution in [2.75, 3.05) is 25.5 Å². The molecular weight excluding hydrogens is 451 g/mol. The normalized spacial score (nSPS) is 20.1. The van der Waals surface area contributed by atoms with Crippen molar-refractivity contribution in [3.8, 4) is 17.3 Å². The number of likely N-dealkylation sites (tertiary alicyclic amines) is 1. The molecule has 1 saturated heterocycles. The second-order valence-corrected chi connectivity index (χ2v) is 9.50. The van der Waals surface area contributed by atoms with Crippen LogP contribution in [-0.2, 0) is 6.42 Å². The molecule has 0 unspecified atom stereocenters. The Bertz CT molecular complexity index is 1240. The van der Waals surface area contributed by atoms with Crippen LogP contribution in [-0.4, -0.2) is 55.6 Å². The minimum Gasteiger partial charge on any atom is -0.481 e. The predicted molar refractivity (Wildman–Crippen MR) is 133 cm³/mol. The standard InChI is InChI=1S/C25H27FN6OS/c1-15(18-12-21(33-3)29-13-20(18)26)24(34)32-10-7-25(14-32)6-5-17-11-19(16(2)30-22(17)31-25)23-27-8-4-9-28-23/h4,8-9,11-13,15H,5-7,10,14H2,1-3H3,(H,30,31)/t15-,25+/m1/s1. The van der Waals surface area contributed by atoms with Gasteiger partial charge in [-0.3, -0.25) is 0 Å². The van der Waals surface area contributed by atoms with Gasteiger partial charge in [-0.05, 0) is 43.9 Å². The number of hydrogen-bond acceptors (Lipinski definition) is 7. The van der Waals surface area contributed by atoms with E-state index in [0.717, 1.165) is 54.4 Å². The number of thiocarbonyl (C=S) groups is 1. The van der Waals surface area contributed by atoms with Gasteiger partial charge in [-0.15, -0.1) is 0 Å². The molecule has 0 aliphatic carbocycles. The first kappa shape index (κ1) is 22.6. The number of pyridine rings is 2. The third kappa shape index (κ3) is 4.09. The van der Waals surface area contributed by atoms with Crippen molar-refractivity contribution >= 4 is 23.0 Å². The Morgan fingerprint density at radius 1 is 1.24 bits per heavy atom. The van der Waals surface area contributed by atoms with Gasteiger partial charge >= 0.3 is 0 Å². The van der Waals surface area contributed by atoms with Crippen molar-refractivity contribution in [1.29, 1.82) is 0 Å². The van der Waals surface area contributed by atoms with E-state index in [9.17, 15) is 4.39 Å². The van der Waals surface area contributed by atoms with E-state index < -0.39 is 0 Å². The second-order valence-electron chi connectivity index (χ2n) is 9.09. The summed E-state index contributed by atoms with van der Waals surface area (Å²) < 4.78 is 19.7. The maximum atomic E-state index is 14.5. The molecule has 2 aliphatic heterocycles. The molecule has 9 heteroatoms. The van der Waals surface area contributed by atoms with Crippen LogP contribution in [0.3, 0.4) is 0 Å². The van der Waals surface area contributed by atoms with Crippen LogP contribution in [0.25, 0.3) is 11.4 Å². The molecule has 34 heavy (non-hydrogen) atoms. The quantitative estimate of drug-likeness (QED) is 0.556. The van der Waals surface area contributed by atoms with E-state index in [0.29, 0.717) is 17.3 Å². The lowest BCUT2D eigenvalue weighted by atomic mass is 9.86. The van der Waals surface area contributed by atoms with Gasteiger partial charge in [0.2, 0.25) is 5.88 Å². The summed E-state index contributed by atoms with van der Waals surface area (Å²) in [5.74, 6) is 1.38. The van der Waals surface area contributed by atoms with Gasteiger partial charge < -0.3 is 15.0 Å². The molecule has 0 radical (unpaired) electrons. The molecule has 0 amide bonds. The molecule has 3 aromatic rings. The van der Waals surface area contributed by atoms with Crippen molar-refractivity contribution < 1.29 is 9.13 Å². The average molecular weight is 479 g/mol. The number of aromatic nitrogens is 4. The van der Waals surface area contributed by atoms with Gasteiger partial charge in [-0.25, -0.2) is 24.3 Å². The zero-order chi connectivity index (χ0) is 23.9. The van der Waals surface area contributed by atoms with E-state index in [1.165, 1.54) is 18.9 Å². The molecule has 0 saturated carbocycles. The molecule has 3 aromatic heterocycles. The lowest BCUT2D eigenvalue weighted by molar-refractivity contribution is 0.393. The number of nitrogens with zero attached hydrogens (tertiary/aromatic N) is 5. The smallest absolute Gasteiger partial charge is 0.213 e. The molecule has 1 N–H and O–H groups in total. The van der Waals surface area contributed by atoms with Crippen LogP contribution in [0.2, 0.25) is 0 Å². The molecule has 1 spiro atoms. The average Bonchev–Trinajstić information content (AvgIpc) is 3.26. The maximum Gasteiger partial charge on any atom is 0.213 e. The Labute approximate surface area is 203 Å².